The predicted molar refractivity (Wildman–Crippen MR) is 118 cm³/mol. The van der Waals surface area contributed by atoms with Gasteiger partial charge in [-0.05, 0) is 61.6 Å². The van der Waals surface area contributed by atoms with E-state index in [1.54, 1.807) is 0 Å². The van der Waals surface area contributed by atoms with Crippen LogP contribution in [0.5, 0.6) is 0 Å². The summed E-state index contributed by atoms with van der Waals surface area (Å²) in [6.07, 6.45) is 11.8. The van der Waals surface area contributed by atoms with Gasteiger partial charge in [-0.3, -0.25) is 9.79 Å². The molecule has 0 unspecified atom stereocenters. The number of hydrogen-bond acceptors (Lipinski definition) is 2. The van der Waals surface area contributed by atoms with E-state index >= 15 is 0 Å². The minimum atomic E-state index is 0.176. The first-order valence-electron chi connectivity index (χ1n) is 11.5. The first-order chi connectivity index (χ1) is 14.2. The van der Waals surface area contributed by atoms with Gasteiger partial charge in [-0.15, -0.1) is 0 Å². The number of aliphatic imine (C=N–C) groups is 1. The van der Waals surface area contributed by atoms with Crippen LogP contribution in [0.3, 0.4) is 0 Å². The van der Waals surface area contributed by atoms with Crippen molar-refractivity contribution in [3.8, 4) is 0 Å². The summed E-state index contributed by atoms with van der Waals surface area (Å²) in [6, 6.07) is 8.10. The largest absolute Gasteiger partial charge is 0.352 e. The van der Waals surface area contributed by atoms with E-state index in [1.165, 1.54) is 50.5 Å². The molecule has 5 nitrogen and oxygen atoms in total. The Labute approximate surface area is 175 Å². The van der Waals surface area contributed by atoms with Crippen LogP contribution in [-0.4, -0.2) is 54.9 Å². The zero-order chi connectivity index (χ0) is 20.1. The molecule has 1 aromatic carbocycles. The highest BCUT2D eigenvalue weighted by atomic mass is 16.2. The Hall–Kier alpha value is -2.04. The quantitative estimate of drug-likeness (QED) is 0.619. The average molecular weight is 397 g/mol. The van der Waals surface area contributed by atoms with Crippen LogP contribution in [0.1, 0.15) is 73.7 Å². The highest BCUT2D eigenvalue weighted by molar-refractivity contribution is 5.94. The fourth-order valence-electron chi connectivity index (χ4n) is 5.38. The van der Waals surface area contributed by atoms with E-state index in [2.05, 4.69) is 27.3 Å². The molecule has 0 radical (unpaired) electrons. The monoisotopic (exact) mass is 396 g/mol. The van der Waals surface area contributed by atoms with Crippen molar-refractivity contribution >= 4 is 11.9 Å². The van der Waals surface area contributed by atoms with Gasteiger partial charge in [-0.25, -0.2) is 0 Å². The maximum Gasteiger partial charge on any atom is 0.253 e. The SMILES string of the molecule is CN=C(NCc1ccc(C(=O)N2CCCCC2)cc1)N1CCC2(CCCCC2)C1. The Balaban J connectivity index is 1.30. The van der Waals surface area contributed by atoms with Gasteiger partial charge < -0.3 is 15.1 Å². The van der Waals surface area contributed by atoms with Gasteiger partial charge in [0, 0.05) is 45.3 Å². The van der Waals surface area contributed by atoms with Gasteiger partial charge in [0.05, 0.1) is 0 Å². The van der Waals surface area contributed by atoms with Gasteiger partial charge in [-0.1, -0.05) is 31.4 Å². The molecule has 158 valence electrons. The fraction of sp³-hybridized carbons (Fsp3) is 0.667. The summed E-state index contributed by atoms with van der Waals surface area (Å²) in [4.78, 5) is 21.6. The maximum absolute atomic E-state index is 12.6. The molecule has 0 bridgehead atoms. The number of amides is 1. The van der Waals surface area contributed by atoms with Gasteiger partial charge >= 0.3 is 0 Å². The maximum atomic E-state index is 12.6. The molecule has 4 rings (SSSR count). The molecule has 2 saturated heterocycles. The minimum absolute atomic E-state index is 0.176. The number of carbonyl (C=O) groups is 1. The van der Waals surface area contributed by atoms with Crippen molar-refractivity contribution in [1.82, 2.24) is 15.1 Å². The van der Waals surface area contributed by atoms with Crippen molar-refractivity contribution in [2.24, 2.45) is 10.4 Å². The van der Waals surface area contributed by atoms with Crippen LogP contribution in [0, 0.1) is 5.41 Å². The lowest BCUT2D eigenvalue weighted by Crippen LogP contribution is -2.41. The van der Waals surface area contributed by atoms with Gasteiger partial charge in [0.25, 0.3) is 5.91 Å². The second-order valence-electron chi connectivity index (χ2n) is 9.18. The Morgan fingerprint density at radius 3 is 2.31 bits per heavy atom. The Morgan fingerprint density at radius 2 is 1.62 bits per heavy atom. The highest BCUT2D eigenvalue weighted by Crippen LogP contribution is 2.43. The summed E-state index contributed by atoms with van der Waals surface area (Å²) >= 11 is 0. The third-order valence-corrected chi connectivity index (χ3v) is 7.16. The molecular weight excluding hydrogens is 360 g/mol. The van der Waals surface area contributed by atoms with Crippen LogP contribution < -0.4 is 5.32 Å². The number of nitrogens with one attached hydrogen (secondary N) is 1. The second-order valence-corrected chi connectivity index (χ2v) is 9.18. The van der Waals surface area contributed by atoms with Crippen molar-refractivity contribution in [3.05, 3.63) is 35.4 Å². The Bertz CT molecular complexity index is 715. The van der Waals surface area contributed by atoms with Crippen LogP contribution in [0.2, 0.25) is 0 Å². The molecule has 2 heterocycles. The zero-order valence-electron chi connectivity index (χ0n) is 18.0. The number of likely N-dealkylation sites (tertiary alicyclic amines) is 2. The molecule has 1 N–H and O–H groups in total. The summed E-state index contributed by atoms with van der Waals surface area (Å²) in [5.74, 6) is 1.19. The van der Waals surface area contributed by atoms with Crippen LogP contribution in [0.4, 0.5) is 0 Å². The second kappa shape index (κ2) is 9.19. The predicted octanol–water partition coefficient (Wildman–Crippen LogP) is 4.04. The van der Waals surface area contributed by atoms with E-state index in [4.69, 9.17) is 0 Å². The van der Waals surface area contributed by atoms with Gasteiger partial charge in [-0.2, -0.15) is 0 Å². The highest BCUT2D eigenvalue weighted by Gasteiger charge is 2.39. The number of benzene rings is 1. The van der Waals surface area contributed by atoms with Crippen molar-refractivity contribution in [2.75, 3.05) is 33.2 Å². The van der Waals surface area contributed by atoms with E-state index in [1.807, 2.05) is 24.1 Å². The van der Waals surface area contributed by atoms with E-state index in [9.17, 15) is 4.79 Å². The molecule has 1 saturated carbocycles. The normalized spacial score (nSPS) is 22.2. The summed E-state index contributed by atoms with van der Waals surface area (Å²) in [5.41, 5.74) is 2.53. The third-order valence-electron chi connectivity index (χ3n) is 7.16. The molecule has 0 atom stereocenters. The number of carbonyl (C=O) groups excluding carboxylic acids is 1. The van der Waals surface area contributed by atoms with Gasteiger partial charge in [0.15, 0.2) is 5.96 Å². The molecule has 0 aromatic heterocycles. The molecule has 1 aromatic rings. The van der Waals surface area contributed by atoms with Crippen LogP contribution in [0.25, 0.3) is 0 Å². The first kappa shape index (κ1) is 20.2. The Morgan fingerprint density at radius 1 is 0.931 bits per heavy atom. The van der Waals surface area contributed by atoms with Crippen LogP contribution in [-0.2, 0) is 6.54 Å². The zero-order valence-corrected chi connectivity index (χ0v) is 18.0. The molecule has 1 spiro atoms. The van der Waals surface area contributed by atoms with Crippen LogP contribution >= 0.6 is 0 Å². The summed E-state index contributed by atoms with van der Waals surface area (Å²) in [7, 11) is 1.88. The van der Waals surface area contributed by atoms with E-state index in [0.717, 1.165) is 57.1 Å². The summed E-state index contributed by atoms with van der Waals surface area (Å²) in [5, 5.41) is 3.54. The molecule has 2 aliphatic heterocycles. The first-order valence-corrected chi connectivity index (χ1v) is 11.5. The summed E-state index contributed by atoms with van der Waals surface area (Å²) in [6.45, 7) is 4.80. The van der Waals surface area contributed by atoms with Crippen molar-refractivity contribution in [2.45, 2.75) is 64.3 Å². The standard InChI is InChI=1S/C24H36N4O/c1-25-23(28-17-14-24(19-28)12-4-2-5-13-24)26-18-20-8-10-21(11-9-20)22(29)27-15-6-3-7-16-27/h8-11H,2-7,12-19H2,1H3,(H,25,26). The molecule has 1 amide bonds. The molecular formula is C24H36N4O. The lowest BCUT2D eigenvalue weighted by Gasteiger charge is -2.33. The Kier molecular flexibility index (Phi) is 6.41. The number of rotatable bonds is 3. The van der Waals surface area contributed by atoms with E-state index in [-0.39, 0.29) is 5.91 Å². The van der Waals surface area contributed by atoms with Gasteiger partial charge in [0.1, 0.15) is 0 Å². The topological polar surface area (TPSA) is 47.9 Å². The number of piperidine rings is 1. The molecule has 5 heteroatoms. The van der Waals surface area contributed by atoms with Gasteiger partial charge in [0.2, 0.25) is 0 Å². The summed E-state index contributed by atoms with van der Waals surface area (Å²) < 4.78 is 0. The number of guanidine groups is 1. The lowest BCUT2D eigenvalue weighted by atomic mass is 9.73. The lowest BCUT2D eigenvalue weighted by molar-refractivity contribution is 0.0724. The van der Waals surface area contributed by atoms with Crippen molar-refractivity contribution in [3.63, 3.8) is 0 Å². The third kappa shape index (κ3) is 4.76. The van der Waals surface area contributed by atoms with Crippen molar-refractivity contribution < 1.29 is 4.79 Å². The molecule has 1 aliphatic carbocycles. The average Bonchev–Trinajstić information content (AvgIpc) is 3.18. The minimum Gasteiger partial charge on any atom is -0.352 e. The van der Waals surface area contributed by atoms with E-state index in [0.29, 0.717) is 5.41 Å². The smallest absolute Gasteiger partial charge is 0.253 e. The van der Waals surface area contributed by atoms with E-state index < -0.39 is 0 Å². The molecule has 29 heavy (non-hydrogen) atoms. The number of nitrogens with zero attached hydrogens (tertiary/aromatic N) is 3. The van der Waals surface area contributed by atoms with Crippen molar-refractivity contribution in [1.29, 1.82) is 0 Å². The number of hydrogen-bond donors (Lipinski definition) is 1. The molecule has 3 fully saturated rings. The molecule has 3 aliphatic rings. The van der Waals surface area contributed by atoms with Crippen LogP contribution in [0.15, 0.2) is 29.3 Å². The fourth-order valence-corrected chi connectivity index (χ4v) is 5.38.